The molecule has 0 aromatic heterocycles. The third kappa shape index (κ3) is 1.95. The number of hydrogen-bond donors (Lipinski definition) is 1. The molecule has 1 atom stereocenters. The molecule has 1 unspecified atom stereocenters. The molecular weight excluding hydrogens is 174 g/mol. The minimum atomic E-state index is 0.183. The molecule has 2 heteroatoms. The molecule has 1 aliphatic rings. The van der Waals surface area contributed by atoms with E-state index in [-0.39, 0.29) is 11.9 Å². The summed E-state index contributed by atoms with van der Waals surface area (Å²) < 4.78 is 0. The summed E-state index contributed by atoms with van der Waals surface area (Å²) in [4.78, 5) is 11.2. The van der Waals surface area contributed by atoms with E-state index in [2.05, 4.69) is 30.4 Å². The highest BCUT2D eigenvalue weighted by Gasteiger charge is 2.19. The van der Waals surface area contributed by atoms with Crippen LogP contribution in [0.1, 0.15) is 36.4 Å². The molecule has 0 saturated carbocycles. The second-order valence-electron chi connectivity index (χ2n) is 3.93. The molecule has 74 valence electrons. The van der Waals surface area contributed by atoms with Crippen molar-refractivity contribution in [2.45, 2.75) is 32.2 Å². The molecule has 1 amide bonds. The quantitative estimate of drug-likeness (QED) is 0.721. The second kappa shape index (κ2) is 3.82. The van der Waals surface area contributed by atoms with Crippen LogP contribution in [0.25, 0.3) is 0 Å². The van der Waals surface area contributed by atoms with Crippen molar-refractivity contribution in [3.05, 3.63) is 35.4 Å². The Balaban J connectivity index is 2.17. The predicted molar refractivity (Wildman–Crippen MR) is 55.9 cm³/mol. The monoisotopic (exact) mass is 189 g/mol. The lowest BCUT2D eigenvalue weighted by Gasteiger charge is -2.23. The van der Waals surface area contributed by atoms with Crippen LogP contribution in [0.3, 0.4) is 0 Å². The number of hydrogen-bond acceptors (Lipinski definition) is 1. The van der Waals surface area contributed by atoms with Crippen molar-refractivity contribution in [1.82, 2.24) is 5.32 Å². The average molecular weight is 189 g/mol. The van der Waals surface area contributed by atoms with Gasteiger partial charge >= 0.3 is 0 Å². The molecule has 0 radical (unpaired) electrons. The van der Waals surface area contributed by atoms with Crippen LogP contribution >= 0.6 is 0 Å². The maximum atomic E-state index is 11.2. The van der Waals surface area contributed by atoms with Crippen LogP contribution in [-0.4, -0.2) is 5.91 Å². The van der Waals surface area contributed by atoms with E-state index in [0.29, 0.717) is 6.42 Å². The van der Waals surface area contributed by atoms with Gasteiger partial charge in [0.1, 0.15) is 0 Å². The zero-order valence-corrected chi connectivity index (χ0v) is 8.42. The summed E-state index contributed by atoms with van der Waals surface area (Å²) in [6.45, 7) is 2.08. The zero-order chi connectivity index (χ0) is 9.97. The molecule has 1 aliphatic heterocycles. The first kappa shape index (κ1) is 9.25. The molecule has 1 saturated heterocycles. The first-order valence-electron chi connectivity index (χ1n) is 5.11. The van der Waals surface area contributed by atoms with Crippen LogP contribution in [0.2, 0.25) is 0 Å². The van der Waals surface area contributed by atoms with Crippen LogP contribution in [0.15, 0.2) is 24.3 Å². The van der Waals surface area contributed by atoms with Gasteiger partial charge in [0.2, 0.25) is 5.91 Å². The summed E-state index contributed by atoms with van der Waals surface area (Å²) in [7, 11) is 0. The SMILES string of the molecule is Cc1cccc(C2CCCC(=O)N2)c1. The topological polar surface area (TPSA) is 29.1 Å². The van der Waals surface area contributed by atoms with E-state index in [1.54, 1.807) is 0 Å². The average Bonchev–Trinajstić information content (AvgIpc) is 2.18. The van der Waals surface area contributed by atoms with Crippen molar-refractivity contribution >= 4 is 5.91 Å². The summed E-state index contributed by atoms with van der Waals surface area (Å²) in [5, 5.41) is 3.02. The van der Waals surface area contributed by atoms with E-state index in [0.717, 1.165) is 12.8 Å². The largest absolute Gasteiger partial charge is 0.349 e. The Bertz CT molecular complexity index is 346. The summed E-state index contributed by atoms with van der Waals surface area (Å²) >= 11 is 0. The zero-order valence-electron chi connectivity index (χ0n) is 8.42. The van der Waals surface area contributed by atoms with Gasteiger partial charge in [-0.2, -0.15) is 0 Å². The Morgan fingerprint density at radius 2 is 2.29 bits per heavy atom. The number of piperidine rings is 1. The van der Waals surface area contributed by atoms with Gasteiger partial charge in [-0.25, -0.2) is 0 Å². The Labute approximate surface area is 84.3 Å². The predicted octanol–water partition coefficient (Wildman–Crippen LogP) is 2.34. The van der Waals surface area contributed by atoms with Gasteiger partial charge in [0, 0.05) is 6.42 Å². The molecule has 2 nitrogen and oxygen atoms in total. The third-order valence-corrected chi connectivity index (χ3v) is 2.68. The van der Waals surface area contributed by atoms with Crippen LogP contribution in [0, 0.1) is 6.92 Å². The van der Waals surface area contributed by atoms with Crippen LogP contribution < -0.4 is 5.32 Å². The molecule has 1 aromatic rings. The molecule has 1 heterocycles. The van der Waals surface area contributed by atoms with Crippen molar-refractivity contribution in [2.24, 2.45) is 0 Å². The molecular formula is C12H15NO. The van der Waals surface area contributed by atoms with Gasteiger partial charge in [0.25, 0.3) is 0 Å². The maximum Gasteiger partial charge on any atom is 0.220 e. The second-order valence-corrected chi connectivity index (χ2v) is 3.93. The van der Waals surface area contributed by atoms with E-state index < -0.39 is 0 Å². The molecule has 1 fully saturated rings. The lowest BCUT2D eigenvalue weighted by molar-refractivity contribution is -0.123. The van der Waals surface area contributed by atoms with Crippen molar-refractivity contribution in [3.8, 4) is 0 Å². The van der Waals surface area contributed by atoms with E-state index in [1.165, 1.54) is 11.1 Å². The normalized spacial score (nSPS) is 21.8. The number of rotatable bonds is 1. The molecule has 0 bridgehead atoms. The third-order valence-electron chi connectivity index (χ3n) is 2.68. The van der Waals surface area contributed by atoms with Crippen molar-refractivity contribution in [2.75, 3.05) is 0 Å². The van der Waals surface area contributed by atoms with Gasteiger partial charge in [0.15, 0.2) is 0 Å². The van der Waals surface area contributed by atoms with Gasteiger partial charge in [-0.3, -0.25) is 4.79 Å². The van der Waals surface area contributed by atoms with E-state index in [9.17, 15) is 4.79 Å². The van der Waals surface area contributed by atoms with Crippen LogP contribution in [0.4, 0.5) is 0 Å². The molecule has 0 aliphatic carbocycles. The molecule has 2 rings (SSSR count). The number of carbonyl (C=O) groups is 1. The highest BCUT2D eigenvalue weighted by molar-refractivity contribution is 5.77. The highest BCUT2D eigenvalue weighted by Crippen LogP contribution is 2.23. The standard InChI is InChI=1S/C12H15NO/c1-9-4-2-5-10(8-9)11-6-3-7-12(14)13-11/h2,4-5,8,11H,3,6-7H2,1H3,(H,13,14). The van der Waals surface area contributed by atoms with E-state index in [4.69, 9.17) is 0 Å². The van der Waals surface area contributed by atoms with Gasteiger partial charge in [-0.1, -0.05) is 29.8 Å². The molecule has 1 N–H and O–H groups in total. The number of nitrogens with one attached hydrogen (secondary N) is 1. The van der Waals surface area contributed by atoms with E-state index >= 15 is 0 Å². The first-order chi connectivity index (χ1) is 6.75. The lowest BCUT2D eigenvalue weighted by atomic mass is 9.96. The Morgan fingerprint density at radius 1 is 1.43 bits per heavy atom. The van der Waals surface area contributed by atoms with Crippen molar-refractivity contribution < 1.29 is 4.79 Å². The van der Waals surface area contributed by atoms with Crippen molar-refractivity contribution in [3.63, 3.8) is 0 Å². The fourth-order valence-electron chi connectivity index (χ4n) is 1.94. The number of benzene rings is 1. The van der Waals surface area contributed by atoms with Gasteiger partial charge in [0.05, 0.1) is 6.04 Å². The number of aryl methyl sites for hydroxylation is 1. The molecule has 0 spiro atoms. The molecule has 1 aromatic carbocycles. The van der Waals surface area contributed by atoms with Gasteiger partial charge in [-0.05, 0) is 25.3 Å². The Kier molecular flexibility index (Phi) is 2.53. The summed E-state index contributed by atoms with van der Waals surface area (Å²) in [5.41, 5.74) is 2.49. The minimum absolute atomic E-state index is 0.183. The van der Waals surface area contributed by atoms with Gasteiger partial charge in [-0.15, -0.1) is 0 Å². The first-order valence-corrected chi connectivity index (χ1v) is 5.11. The fourth-order valence-corrected chi connectivity index (χ4v) is 1.94. The number of amides is 1. The molecule has 14 heavy (non-hydrogen) atoms. The van der Waals surface area contributed by atoms with E-state index in [1.807, 2.05) is 6.07 Å². The summed E-state index contributed by atoms with van der Waals surface area (Å²) in [6.07, 6.45) is 2.75. The van der Waals surface area contributed by atoms with Crippen molar-refractivity contribution in [1.29, 1.82) is 0 Å². The van der Waals surface area contributed by atoms with Crippen LogP contribution in [-0.2, 0) is 4.79 Å². The van der Waals surface area contributed by atoms with Crippen LogP contribution in [0.5, 0.6) is 0 Å². The number of carbonyl (C=O) groups excluding carboxylic acids is 1. The lowest BCUT2D eigenvalue weighted by Crippen LogP contribution is -2.32. The minimum Gasteiger partial charge on any atom is -0.349 e. The summed E-state index contributed by atoms with van der Waals surface area (Å²) in [6, 6.07) is 8.59. The Morgan fingerprint density at radius 3 is 3.00 bits per heavy atom. The fraction of sp³-hybridized carbons (Fsp3) is 0.417. The Hall–Kier alpha value is -1.31. The summed E-state index contributed by atoms with van der Waals surface area (Å²) in [5.74, 6) is 0.183. The van der Waals surface area contributed by atoms with Gasteiger partial charge < -0.3 is 5.32 Å². The maximum absolute atomic E-state index is 11.2. The smallest absolute Gasteiger partial charge is 0.220 e. The highest BCUT2D eigenvalue weighted by atomic mass is 16.1.